The number of hydrogen-bond acceptors (Lipinski definition) is 3. The summed E-state index contributed by atoms with van der Waals surface area (Å²) in [7, 11) is -4.48. The summed E-state index contributed by atoms with van der Waals surface area (Å²) in [6.45, 7) is 4.47. The van der Waals surface area contributed by atoms with E-state index in [-0.39, 0.29) is 34.5 Å². The Kier molecular flexibility index (Phi) is 17.5. The molecule has 0 fully saturated rings. The van der Waals surface area contributed by atoms with Gasteiger partial charge in [0.15, 0.2) is 0 Å². The number of hydrogen-bond donors (Lipinski definition) is 0. The fourth-order valence-electron chi connectivity index (χ4n) is 4.87. The molecule has 0 N–H and O–H groups in total. The van der Waals surface area contributed by atoms with Crippen LogP contribution in [-0.2, 0) is 23.0 Å². The molecule has 0 heterocycles. The largest absolute Gasteiger partial charge is 1.00 e. The van der Waals surface area contributed by atoms with Crippen molar-refractivity contribution < 1.29 is 42.5 Å². The maximum Gasteiger partial charge on any atom is 1.00 e. The Bertz CT molecular complexity index is 940. The van der Waals surface area contributed by atoms with Gasteiger partial charge in [-0.3, -0.25) is 0 Å². The van der Waals surface area contributed by atoms with E-state index in [4.69, 9.17) is 0 Å². The molecule has 0 radical (unpaired) electrons. The standard InChI is InChI=1S/C30H48O3S.Na/c1-3-5-7-9-11-13-15-17-19-26-21-22-27-24-28(20-18-16-14-12-10-8-6-4-2)30(34(31,32)33)25-29(27)23-26;/h21-25H,3-20H2,1-2H3,(H,31,32,33);/q;+1/p-1. The van der Waals surface area contributed by atoms with Gasteiger partial charge in [0.2, 0.25) is 0 Å². The number of rotatable bonds is 19. The molecular formula is C30H47NaO3S. The summed E-state index contributed by atoms with van der Waals surface area (Å²) in [5.41, 5.74) is 1.91. The average molecular weight is 511 g/mol. The molecule has 0 spiro atoms. The van der Waals surface area contributed by atoms with Crippen molar-refractivity contribution in [1.82, 2.24) is 0 Å². The molecule has 0 bridgehead atoms. The Morgan fingerprint density at radius 1 is 0.600 bits per heavy atom. The zero-order valence-corrected chi connectivity index (χ0v) is 25.6. The van der Waals surface area contributed by atoms with Gasteiger partial charge in [0.1, 0.15) is 10.1 Å². The predicted octanol–water partition coefficient (Wildman–Crippen LogP) is 6.11. The fraction of sp³-hybridized carbons (Fsp3) is 0.667. The van der Waals surface area contributed by atoms with Crippen LogP contribution < -0.4 is 29.6 Å². The molecular weight excluding hydrogens is 463 g/mol. The molecule has 3 nitrogen and oxygen atoms in total. The van der Waals surface area contributed by atoms with Crippen LogP contribution in [0.5, 0.6) is 0 Å². The van der Waals surface area contributed by atoms with E-state index in [2.05, 4.69) is 32.0 Å². The third kappa shape index (κ3) is 13.1. The van der Waals surface area contributed by atoms with E-state index in [0.29, 0.717) is 12.0 Å². The van der Waals surface area contributed by atoms with Crippen LogP contribution in [0.4, 0.5) is 0 Å². The van der Waals surface area contributed by atoms with Crippen LogP contribution in [-0.4, -0.2) is 13.0 Å². The molecule has 192 valence electrons. The monoisotopic (exact) mass is 510 g/mol. The molecule has 0 saturated carbocycles. The van der Waals surface area contributed by atoms with Gasteiger partial charge in [-0.15, -0.1) is 0 Å². The van der Waals surface area contributed by atoms with E-state index in [1.807, 2.05) is 6.07 Å². The summed E-state index contributed by atoms with van der Waals surface area (Å²) >= 11 is 0. The van der Waals surface area contributed by atoms with Gasteiger partial charge in [0.05, 0.1) is 4.90 Å². The number of unbranched alkanes of at least 4 members (excludes halogenated alkanes) is 14. The first-order valence-electron chi connectivity index (χ1n) is 14.0. The summed E-state index contributed by atoms with van der Waals surface area (Å²) in [6.07, 6.45) is 21.6. The van der Waals surface area contributed by atoms with Crippen LogP contribution in [0.1, 0.15) is 128 Å². The molecule has 0 atom stereocenters. The van der Waals surface area contributed by atoms with Crippen molar-refractivity contribution in [2.24, 2.45) is 0 Å². The molecule has 0 unspecified atom stereocenters. The molecule has 0 aliphatic carbocycles. The molecule has 0 aliphatic rings. The van der Waals surface area contributed by atoms with Crippen molar-refractivity contribution >= 4 is 20.9 Å². The Morgan fingerprint density at radius 3 is 1.60 bits per heavy atom. The summed E-state index contributed by atoms with van der Waals surface area (Å²) in [4.78, 5) is -0.0211. The van der Waals surface area contributed by atoms with Crippen molar-refractivity contribution in [3.8, 4) is 0 Å². The Morgan fingerprint density at radius 2 is 1.09 bits per heavy atom. The van der Waals surface area contributed by atoms with E-state index in [0.717, 1.165) is 36.5 Å². The molecule has 2 aromatic carbocycles. The molecule has 0 amide bonds. The first-order valence-corrected chi connectivity index (χ1v) is 15.4. The van der Waals surface area contributed by atoms with Gasteiger partial charge >= 0.3 is 29.6 Å². The molecule has 2 rings (SSSR count). The van der Waals surface area contributed by atoms with Gasteiger partial charge < -0.3 is 4.55 Å². The van der Waals surface area contributed by atoms with E-state index in [1.165, 1.54) is 89.0 Å². The minimum Gasteiger partial charge on any atom is -0.744 e. The SMILES string of the molecule is CCCCCCCCCCc1ccc2cc(CCCCCCCCCC)c(S(=O)(=O)[O-])cc2c1.[Na+]. The molecule has 5 heteroatoms. The average Bonchev–Trinajstić information content (AvgIpc) is 2.81. The quantitative estimate of drug-likeness (QED) is 0.130. The van der Waals surface area contributed by atoms with E-state index >= 15 is 0 Å². The van der Waals surface area contributed by atoms with E-state index in [1.54, 1.807) is 6.07 Å². The van der Waals surface area contributed by atoms with E-state index in [9.17, 15) is 13.0 Å². The molecule has 0 saturated heterocycles. The molecule has 35 heavy (non-hydrogen) atoms. The first-order chi connectivity index (χ1) is 16.5. The summed E-state index contributed by atoms with van der Waals surface area (Å²) < 4.78 is 36.0. The zero-order chi connectivity index (χ0) is 24.7. The van der Waals surface area contributed by atoms with Crippen molar-refractivity contribution in [1.29, 1.82) is 0 Å². The number of aryl methyl sites for hydroxylation is 2. The zero-order valence-electron chi connectivity index (χ0n) is 22.7. The third-order valence-electron chi connectivity index (χ3n) is 6.97. The van der Waals surface area contributed by atoms with Crippen LogP contribution in [0.3, 0.4) is 0 Å². The van der Waals surface area contributed by atoms with Gasteiger partial charge in [-0.2, -0.15) is 0 Å². The maximum absolute atomic E-state index is 12.0. The third-order valence-corrected chi connectivity index (χ3v) is 7.89. The first kappa shape index (κ1) is 32.6. The van der Waals surface area contributed by atoms with Crippen molar-refractivity contribution in [3.05, 3.63) is 41.5 Å². The Labute approximate surface area is 237 Å². The van der Waals surface area contributed by atoms with Crippen LogP contribution in [0.25, 0.3) is 10.8 Å². The number of benzene rings is 2. The fourth-order valence-corrected chi connectivity index (χ4v) is 5.62. The molecule has 0 aromatic heterocycles. The molecule has 0 aliphatic heterocycles. The van der Waals surface area contributed by atoms with Crippen LogP contribution in [0, 0.1) is 0 Å². The van der Waals surface area contributed by atoms with Gasteiger partial charge in [0, 0.05) is 0 Å². The van der Waals surface area contributed by atoms with Crippen molar-refractivity contribution in [2.75, 3.05) is 0 Å². The van der Waals surface area contributed by atoms with Gasteiger partial charge in [0.25, 0.3) is 0 Å². The minimum atomic E-state index is -4.48. The second-order valence-electron chi connectivity index (χ2n) is 10.0. The summed E-state index contributed by atoms with van der Waals surface area (Å²) in [5, 5.41) is 1.90. The van der Waals surface area contributed by atoms with Crippen molar-refractivity contribution in [3.63, 3.8) is 0 Å². The Hall–Kier alpha value is -0.390. The van der Waals surface area contributed by atoms with Crippen LogP contribution in [0.15, 0.2) is 35.2 Å². The second-order valence-corrected chi connectivity index (χ2v) is 11.4. The topological polar surface area (TPSA) is 57.2 Å². The normalized spacial score (nSPS) is 11.6. The van der Waals surface area contributed by atoms with Crippen molar-refractivity contribution in [2.45, 2.75) is 134 Å². The van der Waals surface area contributed by atoms with Gasteiger partial charge in [-0.25, -0.2) is 8.42 Å². The summed E-state index contributed by atoms with van der Waals surface area (Å²) in [5.74, 6) is 0. The van der Waals surface area contributed by atoms with Gasteiger partial charge in [-0.1, -0.05) is 122 Å². The Balaban J connectivity index is 0.00000612. The minimum absolute atomic E-state index is 0. The summed E-state index contributed by atoms with van der Waals surface area (Å²) in [6, 6.07) is 9.88. The molecule has 2 aromatic rings. The van der Waals surface area contributed by atoms with E-state index < -0.39 is 10.1 Å². The second kappa shape index (κ2) is 18.8. The maximum atomic E-state index is 12.0. The van der Waals surface area contributed by atoms with Crippen LogP contribution >= 0.6 is 0 Å². The van der Waals surface area contributed by atoms with Gasteiger partial charge in [-0.05, 0) is 59.7 Å². The number of fused-ring (bicyclic) bond motifs is 1. The van der Waals surface area contributed by atoms with Crippen LogP contribution in [0.2, 0.25) is 0 Å². The predicted molar refractivity (Wildman–Crippen MR) is 145 cm³/mol. The smallest absolute Gasteiger partial charge is 0.744 e.